The first-order valence-corrected chi connectivity index (χ1v) is 8.24. The molecule has 0 bridgehead atoms. The van der Waals surface area contributed by atoms with Gasteiger partial charge in [0.1, 0.15) is 15.6 Å². The molecule has 1 saturated heterocycles. The van der Waals surface area contributed by atoms with E-state index in [0.29, 0.717) is 28.1 Å². The number of rotatable bonds is 4. The summed E-state index contributed by atoms with van der Waals surface area (Å²) in [6, 6.07) is 0. The fraction of sp³-hybridized carbons (Fsp3) is 0.667. The highest BCUT2D eigenvalue weighted by atomic mass is 32.1. The number of ether oxygens (including phenoxy) is 1. The predicted octanol–water partition coefficient (Wildman–Crippen LogP) is 2.70. The SMILES string of the molecule is CC1CC(C)CN(c2sc(C(N)=O)c(N)c2OC(C)C)C1. The molecular formula is C15H25N3O2S. The van der Waals surface area contributed by atoms with Crippen molar-refractivity contribution in [3.05, 3.63) is 4.88 Å². The van der Waals surface area contributed by atoms with Crippen LogP contribution in [0.25, 0.3) is 0 Å². The van der Waals surface area contributed by atoms with Gasteiger partial charge in [0.25, 0.3) is 5.91 Å². The van der Waals surface area contributed by atoms with Crippen LogP contribution in [0.15, 0.2) is 0 Å². The molecule has 118 valence electrons. The van der Waals surface area contributed by atoms with E-state index in [9.17, 15) is 4.79 Å². The van der Waals surface area contributed by atoms with Crippen LogP contribution in [-0.2, 0) is 0 Å². The molecule has 0 radical (unpaired) electrons. The average molecular weight is 311 g/mol. The molecule has 6 heteroatoms. The van der Waals surface area contributed by atoms with E-state index in [1.54, 1.807) is 0 Å². The average Bonchev–Trinajstić information content (AvgIpc) is 2.65. The summed E-state index contributed by atoms with van der Waals surface area (Å²) < 4.78 is 5.87. The zero-order valence-corrected chi connectivity index (χ0v) is 14.0. The van der Waals surface area contributed by atoms with E-state index in [1.807, 2.05) is 13.8 Å². The van der Waals surface area contributed by atoms with Gasteiger partial charge >= 0.3 is 0 Å². The number of hydrogen-bond acceptors (Lipinski definition) is 5. The molecule has 1 aromatic heterocycles. The summed E-state index contributed by atoms with van der Waals surface area (Å²) in [5.41, 5.74) is 11.9. The van der Waals surface area contributed by atoms with E-state index in [2.05, 4.69) is 18.7 Å². The van der Waals surface area contributed by atoms with E-state index in [-0.39, 0.29) is 6.10 Å². The number of nitrogens with zero attached hydrogens (tertiary/aromatic N) is 1. The number of thiophene rings is 1. The second-order valence-corrected chi connectivity index (χ2v) is 7.36. The van der Waals surface area contributed by atoms with Gasteiger partial charge in [-0.2, -0.15) is 0 Å². The van der Waals surface area contributed by atoms with Gasteiger partial charge in [0.15, 0.2) is 5.75 Å². The van der Waals surface area contributed by atoms with Gasteiger partial charge in [-0.1, -0.05) is 13.8 Å². The first kappa shape index (κ1) is 15.9. The van der Waals surface area contributed by atoms with Crippen molar-refractivity contribution in [2.45, 2.75) is 40.2 Å². The van der Waals surface area contributed by atoms with Crippen molar-refractivity contribution in [3.8, 4) is 5.75 Å². The Kier molecular flexibility index (Phi) is 4.66. The van der Waals surface area contributed by atoms with Gasteiger partial charge in [0.2, 0.25) is 0 Å². The Hall–Kier alpha value is -1.43. The Morgan fingerprint density at radius 3 is 2.38 bits per heavy atom. The maximum atomic E-state index is 11.6. The van der Waals surface area contributed by atoms with Crippen LogP contribution in [0.1, 0.15) is 43.8 Å². The Morgan fingerprint density at radius 1 is 1.33 bits per heavy atom. The first-order chi connectivity index (χ1) is 9.79. The van der Waals surface area contributed by atoms with Crippen molar-refractivity contribution in [2.24, 2.45) is 17.6 Å². The molecule has 0 aliphatic carbocycles. The largest absolute Gasteiger partial charge is 0.486 e. The number of carbonyl (C=O) groups is 1. The van der Waals surface area contributed by atoms with Crippen molar-refractivity contribution in [1.82, 2.24) is 0 Å². The summed E-state index contributed by atoms with van der Waals surface area (Å²) in [6.45, 7) is 10.3. The van der Waals surface area contributed by atoms with Gasteiger partial charge in [-0.05, 0) is 32.1 Å². The van der Waals surface area contributed by atoms with E-state index >= 15 is 0 Å². The van der Waals surface area contributed by atoms with E-state index < -0.39 is 5.91 Å². The highest BCUT2D eigenvalue weighted by Crippen LogP contribution is 2.46. The number of primary amides is 1. The summed E-state index contributed by atoms with van der Waals surface area (Å²) in [7, 11) is 0. The zero-order valence-electron chi connectivity index (χ0n) is 13.2. The third-order valence-electron chi connectivity index (χ3n) is 3.62. The number of nitrogen functional groups attached to an aromatic ring is 1. The summed E-state index contributed by atoms with van der Waals surface area (Å²) in [6.07, 6.45) is 1.22. The van der Waals surface area contributed by atoms with Gasteiger partial charge in [0, 0.05) is 13.1 Å². The van der Waals surface area contributed by atoms with Crippen LogP contribution in [0.4, 0.5) is 10.7 Å². The summed E-state index contributed by atoms with van der Waals surface area (Å²) >= 11 is 1.35. The number of hydrogen-bond donors (Lipinski definition) is 2. The lowest BCUT2D eigenvalue weighted by atomic mass is 9.92. The van der Waals surface area contributed by atoms with Crippen molar-refractivity contribution in [2.75, 3.05) is 23.7 Å². The normalized spacial score (nSPS) is 22.6. The number of piperidine rings is 1. The molecule has 21 heavy (non-hydrogen) atoms. The van der Waals surface area contributed by atoms with E-state index in [1.165, 1.54) is 17.8 Å². The molecule has 0 saturated carbocycles. The van der Waals surface area contributed by atoms with E-state index in [4.69, 9.17) is 16.2 Å². The lowest BCUT2D eigenvalue weighted by Gasteiger charge is -2.36. The Bertz CT molecular complexity index is 517. The highest BCUT2D eigenvalue weighted by Gasteiger charge is 2.29. The molecule has 2 rings (SSSR count). The zero-order chi connectivity index (χ0) is 15.7. The molecule has 0 spiro atoms. The smallest absolute Gasteiger partial charge is 0.261 e. The van der Waals surface area contributed by atoms with Crippen molar-refractivity contribution >= 4 is 27.9 Å². The molecule has 1 fully saturated rings. The maximum Gasteiger partial charge on any atom is 0.261 e. The van der Waals surface area contributed by atoms with Gasteiger partial charge in [-0.15, -0.1) is 11.3 Å². The van der Waals surface area contributed by atoms with Crippen LogP contribution in [0, 0.1) is 11.8 Å². The van der Waals surface area contributed by atoms with E-state index in [0.717, 1.165) is 18.1 Å². The summed E-state index contributed by atoms with van der Waals surface area (Å²) in [5, 5.41) is 0.938. The van der Waals surface area contributed by atoms with Crippen molar-refractivity contribution in [3.63, 3.8) is 0 Å². The fourth-order valence-electron chi connectivity index (χ4n) is 2.99. The predicted molar refractivity (Wildman–Crippen MR) is 88.2 cm³/mol. The minimum Gasteiger partial charge on any atom is -0.486 e. The highest BCUT2D eigenvalue weighted by molar-refractivity contribution is 7.19. The number of anilines is 2. The quantitative estimate of drug-likeness (QED) is 0.895. The molecule has 4 N–H and O–H groups in total. The monoisotopic (exact) mass is 311 g/mol. The summed E-state index contributed by atoms with van der Waals surface area (Å²) in [5.74, 6) is 1.35. The standard InChI is InChI=1S/C15H25N3O2S/c1-8(2)20-12-11(16)13(14(17)19)21-15(12)18-6-9(3)5-10(4)7-18/h8-10H,5-7,16H2,1-4H3,(H2,17,19). The fourth-order valence-corrected chi connectivity index (χ4v) is 4.01. The Balaban J connectivity index is 2.41. The molecule has 1 aliphatic rings. The Morgan fingerprint density at radius 2 is 1.90 bits per heavy atom. The maximum absolute atomic E-state index is 11.6. The number of amides is 1. The third kappa shape index (κ3) is 3.43. The van der Waals surface area contributed by atoms with Crippen LogP contribution in [-0.4, -0.2) is 25.1 Å². The van der Waals surface area contributed by atoms with Gasteiger partial charge < -0.3 is 21.1 Å². The molecule has 2 heterocycles. The van der Waals surface area contributed by atoms with Crippen LogP contribution in [0.5, 0.6) is 5.75 Å². The molecule has 0 aromatic carbocycles. The van der Waals surface area contributed by atoms with Crippen molar-refractivity contribution in [1.29, 1.82) is 0 Å². The minimum absolute atomic E-state index is 0.000939. The van der Waals surface area contributed by atoms with Crippen LogP contribution < -0.4 is 21.1 Å². The first-order valence-electron chi connectivity index (χ1n) is 7.43. The molecule has 5 nitrogen and oxygen atoms in total. The number of carbonyl (C=O) groups excluding carboxylic acids is 1. The van der Waals surface area contributed by atoms with Gasteiger partial charge in [-0.25, -0.2) is 0 Å². The molecular weight excluding hydrogens is 286 g/mol. The molecule has 1 aromatic rings. The minimum atomic E-state index is -0.490. The number of nitrogens with two attached hydrogens (primary N) is 2. The third-order valence-corrected chi connectivity index (χ3v) is 4.88. The van der Waals surface area contributed by atoms with Crippen LogP contribution in [0.2, 0.25) is 0 Å². The molecule has 1 amide bonds. The lowest BCUT2D eigenvalue weighted by molar-refractivity contribution is 0.100. The Labute approximate surface area is 130 Å². The van der Waals surface area contributed by atoms with Gasteiger partial charge in [0.05, 0.1) is 6.10 Å². The topological polar surface area (TPSA) is 81.6 Å². The molecule has 2 unspecified atom stereocenters. The summed E-state index contributed by atoms with van der Waals surface area (Å²) in [4.78, 5) is 14.2. The van der Waals surface area contributed by atoms with Crippen LogP contribution >= 0.6 is 11.3 Å². The molecule has 2 atom stereocenters. The van der Waals surface area contributed by atoms with Crippen molar-refractivity contribution < 1.29 is 9.53 Å². The second-order valence-electron chi connectivity index (χ2n) is 6.36. The lowest BCUT2D eigenvalue weighted by Crippen LogP contribution is -2.38. The second kappa shape index (κ2) is 6.13. The molecule has 1 aliphatic heterocycles. The van der Waals surface area contributed by atoms with Gasteiger partial charge in [-0.3, -0.25) is 4.79 Å². The van der Waals surface area contributed by atoms with Crippen LogP contribution in [0.3, 0.4) is 0 Å².